The molecule has 1 N–H and O–H groups in total. The smallest absolute Gasteiger partial charge is 0.295 e. The second-order valence-corrected chi connectivity index (χ2v) is 5.57. The van der Waals surface area contributed by atoms with Crippen LogP contribution in [-0.2, 0) is 6.42 Å². The molecular formula is C12H8ClFIN5O3. The summed E-state index contributed by atoms with van der Waals surface area (Å²) in [5.74, 6) is -1.26. The highest BCUT2D eigenvalue weighted by atomic mass is 127. The molecule has 3 rings (SSSR count). The third kappa shape index (κ3) is 3.14. The Hall–Kier alpha value is -1.79. The number of benzene rings is 1. The largest absolute Gasteiger partial charge is 0.446 e. The van der Waals surface area contributed by atoms with Crippen LogP contribution in [0.25, 0.3) is 17.2 Å². The summed E-state index contributed by atoms with van der Waals surface area (Å²) in [7, 11) is 0. The zero-order valence-corrected chi connectivity index (χ0v) is 14.2. The minimum Gasteiger partial charge on any atom is -0.295 e. The lowest BCUT2D eigenvalue weighted by Crippen LogP contribution is -2.14. The highest BCUT2D eigenvalue weighted by Crippen LogP contribution is 2.23. The molecule has 0 amide bonds. The Labute approximate surface area is 147 Å². The number of hydrogen-bond donors (Lipinski definition) is 1. The Morgan fingerprint density at radius 3 is 2.91 bits per heavy atom. The Kier molecular flexibility index (Phi) is 4.73. The fraction of sp³-hybridized carbons (Fsp3) is 0.167. The maximum Gasteiger partial charge on any atom is 0.446 e. The minimum absolute atomic E-state index is 0.0994. The number of halogens is 3. The summed E-state index contributed by atoms with van der Waals surface area (Å²) in [5.41, 5.74) is 1.06. The van der Waals surface area contributed by atoms with Crippen LogP contribution >= 0.6 is 34.5 Å². The average Bonchev–Trinajstić information content (AvgIpc) is 3.14. The van der Waals surface area contributed by atoms with Crippen molar-refractivity contribution in [1.29, 1.82) is 0 Å². The molecule has 8 nitrogen and oxygen atoms in total. The van der Waals surface area contributed by atoms with Gasteiger partial charge in [0.25, 0.3) is 0 Å². The van der Waals surface area contributed by atoms with E-state index in [0.717, 1.165) is 10.6 Å². The third-order valence-electron chi connectivity index (χ3n) is 2.99. The number of aromatic nitrogens is 4. The molecule has 0 radical (unpaired) electrons. The predicted molar refractivity (Wildman–Crippen MR) is 86.1 cm³/mol. The molecule has 0 spiro atoms. The molecule has 0 fully saturated rings. The van der Waals surface area contributed by atoms with Crippen molar-refractivity contribution in [3.05, 3.63) is 45.3 Å². The monoisotopic (exact) mass is 451 g/mol. The van der Waals surface area contributed by atoms with E-state index in [4.69, 9.17) is 20.8 Å². The zero-order valence-electron chi connectivity index (χ0n) is 11.3. The molecule has 0 saturated carbocycles. The topological polar surface area (TPSA) is 99.0 Å². The van der Waals surface area contributed by atoms with Gasteiger partial charge in [0.2, 0.25) is 5.82 Å². The summed E-state index contributed by atoms with van der Waals surface area (Å²) in [6, 6.07) is 3.81. The van der Waals surface area contributed by atoms with Crippen molar-refractivity contribution in [2.75, 3.05) is 6.54 Å². The van der Waals surface area contributed by atoms with Crippen LogP contribution in [0, 0.1) is 5.82 Å². The van der Waals surface area contributed by atoms with Crippen LogP contribution in [0.2, 0.25) is 5.02 Å². The van der Waals surface area contributed by atoms with Crippen molar-refractivity contribution in [1.82, 2.24) is 23.6 Å². The van der Waals surface area contributed by atoms with Gasteiger partial charge in [-0.3, -0.25) is 8.05 Å². The molecule has 120 valence electrons. The molecule has 2 aromatic heterocycles. The van der Waals surface area contributed by atoms with E-state index in [1.54, 1.807) is 0 Å². The quantitative estimate of drug-likeness (QED) is 0.469. The van der Waals surface area contributed by atoms with Gasteiger partial charge in [-0.2, -0.15) is 0 Å². The van der Waals surface area contributed by atoms with Gasteiger partial charge in [-0.15, -0.1) is 0 Å². The molecule has 0 saturated heterocycles. The van der Waals surface area contributed by atoms with Gasteiger partial charge in [0.15, 0.2) is 5.69 Å². The molecule has 2 heterocycles. The first kappa shape index (κ1) is 16.1. The molecule has 0 aliphatic rings. The van der Waals surface area contributed by atoms with Gasteiger partial charge in [0, 0.05) is 35.8 Å². The molecule has 3 aromatic rings. The highest BCUT2D eigenvalue weighted by molar-refractivity contribution is 14.1. The summed E-state index contributed by atoms with van der Waals surface area (Å²) in [4.78, 5) is 12.0. The molecule has 0 unspecified atom stereocenters. The Bertz CT molecular complexity index is 893. The van der Waals surface area contributed by atoms with E-state index >= 15 is 0 Å². The maximum atomic E-state index is 13.3. The number of nitrogens with one attached hydrogen (secondary N) is 1. The molecule has 0 atom stereocenters. The Balaban J connectivity index is 2.11. The molecule has 0 aliphatic heterocycles. The van der Waals surface area contributed by atoms with E-state index in [2.05, 4.69) is 19.0 Å². The molecule has 0 bridgehead atoms. The van der Waals surface area contributed by atoms with E-state index in [1.165, 1.54) is 12.1 Å². The van der Waals surface area contributed by atoms with Crippen molar-refractivity contribution in [3.63, 3.8) is 0 Å². The van der Waals surface area contributed by atoms with Gasteiger partial charge in [-0.1, -0.05) is 21.9 Å². The lowest BCUT2D eigenvalue weighted by atomic mass is 10.2. The van der Waals surface area contributed by atoms with Gasteiger partial charge in [-0.25, -0.2) is 18.4 Å². The molecule has 11 heteroatoms. The van der Waals surface area contributed by atoms with Crippen LogP contribution in [0.1, 0.15) is 5.69 Å². The molecule has 1 aromatic carbocycles. The Morgan fingerprint density at radius 1 is 1.35 bits per heavy atom. The maximum absolute atomic E-state index is 13.3. The normalized spacial score (nSPS) is 11.1. The summed E-state index contributed by atoms with van der Waals surface area (Å²) in [6.07, 6.45) is 0.507. The summed E-state index contributed by atoms with van der Waals surface area (Å²) >= 11 is 7.76. The van der Waals surface area contributed by atoms with Gasteiger partial charge in [-0.05, 0) is 23.4 Å². The van der Waals surface area contributed by atoms with Gasteiger partial charge in [0.05, 0.1) is 10.7 Å². The zero-order chi connectivity index (χ0) is 16.4. The van der Waals surface area contributed by atoms with Crippen molar-refractivity contribution in [2.24, 2.45) is 0 Å². The number of nitrogens with zero attached hydrogens (tertiary/aromatic N) is 4. The lowest BCUT2D eigenvalue weighted by molar-refractivity contribution is 0.304. The van der Waals surface area contributed by atoms with E-state index in [-0.39, 0.29) is 16.5 Å². The molecule has 0 aliphatic carbocycles. The van der Waals surface area contributed by atoms with Gasteiger partial charge >= 0.3 is 5.76 Å². The fourth-order valence-electron chi connectivity index (χ4n) is 1.96. The van der Waals surface area contributed by atoms with Crippen molar-refractivity contribution < 1.29 is 13.5 Å². The van der Waals surface area contributed by atoms with Crippen LogP contribution in [0.4, 0.5) is 4.39 Å². The second kappa shape index (κ2) is 6.76. The van der Waals surface area contributed by atoms with Crippen LogP contribution in [0.3, 0.4) is 0 Å². The first-order valence-corrected chi connectivity index (χ1v) is 7.77. The third-order valence-corrected chi connectivity index (χ3v) is 3.82. The van der Waals surface area contributed by atoms with E-state index in [9.17, 15) is 9.18 Å². The molecule has 23 heavy (non-hydrogen) atoms. The van der Waals surface area contributed by atoms with Gasteiger partial charge < -0.3 is 0 Å². The van der Waals surface area contributed by atoms with Crippen LogP contribution < -0.4 is 9.29 Å². The predicted octanol–water partition coefficient (Wildman–Crippen LogP) is 2.15. The van der Waals surface area contributed by atoms with E-state index in [1.807, 2.05) is 22.9 Å². The number of hydrogen-bond acceptors (Lipinski definition) is 7. The minimum atomic E-state index is -0.761. The van der Waals surface area contributed by atoms with Gasteiger partial charge in [0.1, 0.15) is 11.5 Å². The fourth-order valence-corrected chi connectivity index (χ4v) is 2.40. The Morgan fingerprint density at radius 2 is 2.17 bits per heavy atom. The standard InChI is InChI=1S/C12H8ClFIN5O3/c13-7-5-6(1-2-8(7)14)20-11(19-22-12(20)21)10-9(3-4-16-15)17-23-18-10/h1-2,5,16H,3-4H2. The average molecular weight is 452 g/mol. The van der Waals surface area contributed by atoms with E-state index < -0.39 is 11.6 Å². The number of rotatable bonds is 5. The highest BCUT2D eigenvalue weighted by Gasteiger charge is 2.22. The summed E-state index contributed by atoms with van der Waals surface area (Å²) < 4.78 is 26.8. The van der Waals surface area contributed by atoms with Crippen molar-refractivity contribution in [3.8, 4) is 17.2 Å². The second-order valence-electron chi connectivity index (χ2n) is 4.40. The summed E-state index contributed by atoms with van der Waals surface area (Å²) in [6.45, 7) is 0.617. The molecular weight excluding hydrogens is 444 g/mol. The van der Waals surface area contributed by atoms with Crippen LogP contribution in [0.5, 0.6) is 0 Å². The van der Waals surface area contributed by atoms with E-state index in [0.29, 0.717) is 24.3 Å². The first-order chi connectivity index (χ1) is 11.1. The van der Waals surface area contributed by atoms with Crippen LogP contribution in [-0.4, -0.2) is 26.6 Å². The van der Waals surface area contributed by atoms with Crippen LogP contribution in [0.15, 0.2) is 32.1 Å². The van der Waals surface area contributed by atoms with Crippen molar-refractivity contribution >= 4 is 34.5 Å². The first-order valence-electron chi connectivity index (χ1n) is 6.31. The lowest BCUT2D eigenvalue weighted by Gasteiger charge is -2.04. The summed E-state index contributed by atoms with van der Waals surface area (Å²) in [5, 5.41) is 11.1. The van der Waals surface area contributed by atoms with Crippen molar-refractivity contribution in [2.45, 2.75) is 6.42 Å². The SMILES string of the molecule is O=c1onc(-c2nonc2CCNI)n1-c1ccc(F)c(Cl)c1.